The Labute approximate surface area is 246 Å². The molecule has 206 valence electrons. The van der Waals surface area contributed by atoms with Crippen molar-refractivity contribution in [3.63, 3.8) is 0 Å². The molecule has 3 aromatic carbocycles. The van der Waals surface area contributed by atoms with Crippen molar-refractivity contribution in [2.45, 2.75) is 26.4 Å². The van der Waals surface area contributed by atoms with E-state index in [1.807, 2.05) is 96.7 Å². The molecule has 1 unspecified atom stereocenters. The van der Waals surface area contributed by atoms with Gasteiger partial charge in [-0.05, 0) is 48.4 Å². The number of hydrogen-bond donors (Lipinski definition) is 1. The van der Waals surface area contributed by atoms with Crippen LogP contribution in [-0.4, -0.2) is 42.9 Å². The first kappa shape index (κ1) is 26.6. The molecule has 2 amide bonds. The van der Waals surface area contributed by atoms with Crippen LogP contribution in [-0.2, 0) is 22.7 Å². The second-order valence-electron chi connectivity index (χ2n) is 10.1. The van der Waals surface area contributed by atoms with Gasteiger partial charge in [-0.3, -0.25) is 9.59 Å². The number of nitrogens with one attached hydrogen (secondary N) is 1. The van der Waals surface area contributed by atoms with Crippen LogP contribution in [0.4, 0.5) is 5.69 Å². The van der Waals surface area contributed by atoms with Crippen LogP contribution in [0, 0.1) is 12.8 Å². The summed E-state index contributed by atoms with van der Waals surface area (Å²) in [7, 11) is 0. The topological polar surface area (TPSA) is 97.9 Å². The number of carbonyl (C=O) groups excluding carboxylic acids is 2. The van der Waals surface area contributed by atoms with Gasteiger partial charge >= 0.3 is 0 Å². The maximum absolute atomic E-state index is 13.0. The average molecular weight is 611 g/mol. The van der Waals surface area contributed by atoms with Crippen molar-refractivity contribution in [2.75, 3.05) is 11.4 Å². The van der Waals surface area contributed by atoms with Gasteiger partial charge < -0.3 is 14.8 Å². The highest BCUT2D eigenvalue weighted by atomic mass is 79.9. The lowest BCUT2D eigenvalue weighted by Gasteiger charge is -2.19. The van der Waals surface area contributed by atoms with E-state index in [9.17, 15) is 9.59 Å². The monoisotopic (exact) mass is 609 g/mol. The first-order valence-electron chi connectivity index (χ1n) is 13.4. The van der Waals surface area contributed by atoms with Crippen LogP contribution < -0.4 is 10.2 Å². The molecule has 1 aliphatic heterocycles. The zero-order valence-corrected chi connectivity index (χ0v) is 24.0. The van der Waals surface area contributed by atoms with Gasteiger partial charge in [-0.1, -0.05) is 63.6 Å². The summed E-state index contributed by atoms with van der Waals surface area (Å²) in [5.74, 6) is 0.317. The predicted molar refractivity (Wildman–Crippen MR) is 159 cm³/mol. The lowest BCUT2D eigenvalue weighted by Crippen LogP contribution is -2.32. The second-order valence-corrected chi connectivity index (χ2v) is 11.0. The Kier molecular flexibility index (Phi) is 7.47. The third-order valence-corrected chi connectivity index (χ3v) is 7.70. The number of amides is 2. The molecular weight excluding hydrogens is 582 g/mol. The van der Waals surface area contributed by atoms with Gasteiger partial charge in [0.25, 0.3) is 0 Å². The summed E-state index contributed by atoms with van der Waals surface area (Å²) in [6, 6.07) is 23.6. The third kappa shape index (κ3) is 5.83. The molecule has 10 heteroatoms. The van der Waals surface area contributed by atoms with E-state index in [1.165, 1.54) is 0 Å². The molecule has 0 saturated carbocycles. The quantitative estimate of drug-likeness (QED) is 0.269. The Morgan fingerprint density at radius 1 is 1.07 bits per heavy atom. The minimum atomic E-state index is -0.393. The largest absolute Gasteiger partial charge is 0.352 e. The molecular formula is C31H28BrN7O2. The smallest absolute Gasteiger partial charge is 0.227 e. The lowest BCUT2D eigenvalue weighted by atomic mass is 10.1. The Hall–Kier alpha value is -4.57. The summed E-state index contributed by atoms with van der Waals surface area (Å²) in [6.07, 6.45) is 5.81. The Morgan fingerprint density at radius 3 is 2.76 bits per heavy atom. The third-order valence-electron chi connectivity index (χ3n) is 7.21. The van der Waals surface area contributed by atoms with E-state index in [4.69, 9.17) is 0 Å². The van der Waals surface area contributed by atoms with Crippen LogP contribution >= 0.6 is 15.9 Å². The summed E-state index contributed by atoms with van der Waals surface area (Å²) in [4.78, 5) is 31.9. The molecule has 1 atom stereocenters. The van der Waals surface area contributed by atoms with Crippen LogP contribution in [0.1, 0.15) is 23.2 Å². The van der Waals surface area contributed by atoms with Crippen LogP contribution in [0.25, 0.3) is 17.1 Å². The predicted octanol–water partition coefficient (Wildman–Crippen LogP) is 4.92. The summed E-state index contributed by atoms with van der Waals surface area (Å²) in [6.45, 7) is 3.23. The number of hydrogen-bond acceptors (Lipinski definition) is 5. The van der Waals surface area contributed by atoms with Crippen molar-refractivity contribution >= 4 is 33.4 Å². The van der Waals surface area contributed by atoms with Crippen molar-refractivity contribution in [1.29, 1.82) is 0 Å². The zero-order valence-electron chi connectivity index (χ0n) is 22.4. The molecule has 1 N–H and O–H groups in total. The molecule has 3 heterocycles. The van der Waals surface area contributed by atoms with Gasteiger partial charge in [0.2, 0.25) is 11.8 Å². The molecule has 1 aliphatic rings. The van der Waals surface area contributed by atoms with Crippen molar-refractivity contribution < 1.29 is 9.59 Å². The number of halogens is 1. The molecule has 2 aromatic heterocycles. The molecule has 0 aliphatic carbocycles. The normalized spacial score (nSPS) is 14.9. The van der Waals surface area contributed by atoms with Crippen molar-refractivity contribution in [2.24, 2.45) is 5.92 Å². The molecule has 41 heavy (non-hydrogen) atoms. The summed E-state index contributed by atoms with van der Waals surface area (Å²) in [5, 5.41) is 11.7. The Bertz CT molecular complexity index is 1710. The fourth-order valence-corrected chi connectivity index (χ4v) is 5.61. The first-order valence-corrected chi connectivity index (χ1v) is 14.2. The molecule has 0 bridgehead atoms. The van der Waals surface area contributed by atoms with E-state index in [0.717, 1.165) is 44.1 Å². The number of imidazole rings is 1. The maximum atomic E-state index is 13.0. The molecule has 0 radical (unpaired) electrons. The van der Waals surface area contributed by atoms with Crippen molar-refractivity contribution in [3.8, 4) is 17.1 Å². The number of carbonyl (C=O) groups is 2. The maximum Gasteiger partial charge on any atom is 0.227 e. The molecule has 9 nitrogen and oxygen atoms in total. The molecule has 0 spiro atoms. The van der Waals surface area contributed by atoms with Gasteiger partial charge in [-0.2, -0.15) is 0 Å². The first-order chi connectivity index (χ1) is 19.9. The van der Waals surface area contributed by atoms with E-state index in [2.05, 4.69) is 36.5 Å². The standard InChI is InChI=1S/C31H28BrN7O2/c1-21-14-25(32)10-11-28(21)38-18-24(16-29(38)40)31(41)34-17-22-6-5-9-27(15-22)39-20-26(35-36-39)19-37-13-12-33-30(37)23-7-3-2-4-8-23/h2-15,20,24H,16-19H2,1H3,(H,34,41). The van der Waals surface area contributed by atoms with Crippen molar-refractivity contribution in [1.82, 2.24) is 29.9 Å². The minimum Gasteiger partial charge on any atom is -0.352 e. The Balaban J connectivity index is 1.08. The summed E-state index contributed by atoms with van der Waals surface area (Å²) >= 11 is 3.46. The fourth-order valence-electron chi connectivity index (χ4n) is 5.14. The second kappa shape index (κ2) is 11.5. The van der Waals surface area contributed by atoms with E-state index >= 15 is 0 Å². The van der Waals surface area contributed by atoms with Gasteiger partial charge in [0.05, 0.1) is 24.3 Å². The number of aryl methyl sites for hydroxylation is 1. The molecule has 5 aromatic rings. The van der Waals surface area contributed by atoms with Gasteiger partial charge in [0.1, 0.15) is 11.5 Å². The van der Waals surface area contributed by atoms with Crippen LogP contribution in [0.3, 0.4) is 0 Å². The zero-order chi connectivity index (χ0) is 28.3. The van der Waals surface area contributed by atoms with Gasteiger partial charge in [0, 0.05) is 47.6 Å². The van der Waals surface area contributed by atoms with Gasteiger partial charge in [-0.15, -0.1) is 5.10 Å². The van der Waals surface area contributed by atoms with Crippen LogP contribution in [0.5, 0.6) is 0 Å². The lowest BCUT2D eigenvalue weighted by molar-refractivity contribution is -0.126. The molecule has 1 fully saturated rings. The van der Waals surface area contributed by atoms with E-state index < -0.39 is 5.92 Å². The molecule has 1 saturated heterocycles. The number of rotatable bonds is 8. The van der Waals surface area contributed by atoms with E-state index in [1.54, 1.807) is 15.8 Å². The van der Waals surface area contributed by atoms with Crippen LogP contribution in [0.2, 0.25) is 0 Å². The van der Waals surface area contributed by atoms with Gasteiger partial charge in [0.15, 0.2) is 0 Å². The molecule has 6 rings (SSSR count). The fraction of sp³-hybridized carbons (Fsp3) is 0.194. The van der Waals surface area contributed by atoms with E-state index in [0.29, 0.717) is 19.6 Å². The number of aromatic nitrogens is 5. The average Bonchev–Trinajstić information content (AvgIpc) is 3.73. The highest BCUT2D eigenvalue weighted by Crippen LogP contribution is 2.30. The van der Waals surface area contributed by atoms with Gasteiger partial charge in [-0.25, -0.2) is 9.67 Å². The highest BCUT2D eigenvalue weighted by Gasteiger charge is 2.35. The number of benzene rings is 3. The number of anilines is 1. The Morgan fingerprint density at radius 2 is 1.93 bits per heavy atom. The summed E-state index contributed by atoms with van der Waals surface area (Å²) in [5.41, 5.74) is 5.45. The van der Waals surface area contributed by atoms with Crippen LogP contribution in [0.15, 0.2) is 95.9 Å². The van der Waals surface area contributed by atoms with E-state index in [-0.39, 0.29) is 18.2 Å². The minimum absolute atomic E-state index is 0.0360. The van der Waals surface area contributed by atoms with Crippen molar-refractivity contribution in [3.05, 3.63) is 113 Å². The number of nitrogens with zero attached hydrogens (tertiary/aromatic N) is 6. The SMILES string of the molecule is Cc1cc(Br)ccc1N1CC(C(=O)NCc2cccc(-n3cc(Cn4ccnc4-c4ccccc4)nn3)c2)CC1=O. The highest BCUT2D eigenvalue weighted by molar-refractivity contribution is 9.10. The summed E-state index contributed by atoms with van der Waals surface area (Å²) < 4.78 is 4.73.